The Morgan fingerprint density at radius 2 is 2.10 bits per heavy atom. The van der Waals surface area contributed by atoms with Crippen LogP contribution in [0, 0.1) is 5.92 Å². The summed E-state index contributed by atoms with van der Waals surface area (Å²) in [6.45, 7) is 1.44. The molecule has 2 N–H and O–H groups in total. The summed E-state index contributed by atoms with van der Waals surface area (Å²) in [5.74, 6) is -1.59. The number of fused-ring (bicyclic) bond motifs is 2. The van der Waals surface area contributed by atoms with Crippen LogP contribution in [0.1, 0.15) is 47.0 Å². The molecule has 3 heterocycles. The van der Waals surface area contributed by atoms with Gasteiger partial charge in [0.1, 0.15) is 5.69 Å². The number of aromatic nitrogens is 1. The topological polar surface area (TPSA) is 90.5 Å². The third-order valence-electron chi connectivity index (χ3n) is 4.41. The number of carbonyl (C=O) groups is 3. The Morgan fingerprint density at radius 1 is 1.35 bits per heavy atom. The quantitative estimate of drug-likeness (QED) is 0.814. The SMILES string of the molecule is CC(=O)c1c[nH]c(C(=O)N2C3CCC2C(C(=O)O)C3)c1. The van der Waals surface area contributed by atoms with Crippen LogP contribution in [-0.4, -0.2) is 44.7 Å². The lowest BCUT2D eigenvalue weighted by Crippen LogP contribution is -2.38. The molecule has 6 nitrogen and oxygen atoms in total. The maximum atomic E-state index is 12.5. The fraction of sp³-hybridized carbons (Fsp3) is 0.500. The zero-order valence-electron chi connectivity index (χ0n) is 11.1. The van der Waals surface area contributed by atoms with Crippen LogP contribution in [0.25, 0.3) is 0 Å². The molecule has 0 aliphatic carbocycles. The van der Waals surface area contributed by atoms with Gasteiger partial charge in [0.2, 0.25) is 0 Å². The van der Waals surface area contributed by atoms with Gasteiger partial charge in [0.05, 0.1) is 5.92 Å². The summed E-state index contributed by atoms with van der Waals surface area (Å²) in [4.78, 5) is 39.5. The Bertz CT molecular complexity index is 592. The average molecular weight is 276 g/mol. The number of nitrogens with one attached hydrogen (secondary N) is 1. The number of carbonyl (C=O) groups excluding carboxylic acids is 2. The van der Waals surface area contributed by atoms with E-state index in [1.807, 2.05) is 0 Å². The van der Waals surface area contributed by atoms with Gasteiger partial charge in [-0.15, -0.1) is 0 Å². The van der Waals surface area contributed by atoms with E-state index in [1.54, 1.807) is 4.90 Å². The highest BCUT2D eigenvalue weighted by Gasteiger charge is 2.51. The number of amides is 1. The molecule has 0 saturated carbocycles. The molecular weight excluding hydrogens is 260 g/mol. The van der Waals surface area contributed by atoms with E-state index in [0.717, 1.165) is 12.8 Å². The van der Waals surface area contributed by atoms with E-state index < -0.39 is 11.9 Å². The molecule has 106 valence electrons. The highest BCUT2D eigenvalue weighted by molar-refractivity contribution is 5.99. The minimum absolute atomic E-state index is 0.0117. The number of carboxylic acids is 1. The Kier molecular flexibility index (Phi) is 2.88. The van der Waals surface area contributed by atoms with Gasteiger partial charge in [-0.2, -0.15) is 0 Å². The lowest BCUT2D eigenvalue weighted by Gasteiger charge is -2.22. The highest BCUT2D eigenvalue weighted by atomic mass is 16.4. The highest BCUT2D eigenvalue weighted by Crippen LogP contribution is 2.42. The molecule has 20 heavy (non-hydrogen) atoms. The van der Waals surface area contributed by atoms with Crippen LogP contribution in [-0.2, 0) is 4.79 Å². The number of ketones is 1. The predicted molar refractivity (Wildman–Crippen MR) is 69.5 cm³/mol. The summed E-state index contributed by atoms with van der Waals surface area (Å²) >= 11 is 0. The van der Waals surface area contributed by atoms with E-state index in [0.29, 0.717) is 17.7 Å². The van der Waals surface area contributed by atoms with Crippen molar-refractivity contribution in [1.82, 2.24) is 9.88 Å². The number of aliphatic carboxylic acids is 1. The van der Waals surface area contributed by atoms with Crippen molar-refractivity contribution in [2.45, 2.75) is 38.3 Å². The van der Waals surface area contributed by atoms with Crippen LogP contribution in [0.5, 0.6) is 0 Å². The molecule has 3 unspecified atom stereocenters. The van der Waals surface area contributed by atoms with Crippen LogP contribution in [0.4, 0.5) is 0 Å². The normalized spacial score (nSPS) is 27.9. The molecule has 1 aromatic heterocycles. The van der Waals surface area contributed by atoms with Crippen molar-refractivity contribution in [1.29, 1.82) is 0 Å². The van der Waals surface area contributed by atoms with Gasteiger partial charge in [0.25, 0.3) is 5.91 Å². The number of carboxylic acid groups (broad SMARTS) is 1. The first-order valence-corrected chi connectivity index (χ1v) is 6.74. The van der Waals surface area contributed by atoms with Crippen molar-refractivity contribution in [2.24, 2.45) is 5.92 Å². The maximum Gasteiger partial charge on any atom is 0.308 e. The summed E-state index contributed by atoms with van der Waals surface area (Å²) in [7, 11) is 0. The monoisotopic (exact) mass is 276 g/mol. The number of H-pyrrole nitrogens is 1. The van der Waals surface area contributed by atoms with E-state index in [2.05, 4.69) is 4.98 Å². The van der Waals surface area contributed by atoms with Gasteiger partial charge < -0.3 is 15.0 Å². The molecule has 1 amide bonds. The molecule has 3 rings (SSSR count). The second kappa shape index (κ2) is 4.47. The molecular formula is C14H16N2O4. The summed E-state index contributed by atoms with van der Waals surface area (Å²) in [5.41, 5.74) is 0.827. The van der Waals surface area contributed by atoms with Gasteiger partial charge in [-0.1, -0.05) is 0 Å². The number of nitrogens with zero attached hydrogens (tertiary/aromatic N) is 1. The van der Waals surface area contributed by atoms with Crippen LogP contribution in [0.2, 0.25) is 0 Å². The van der Waals surface area contributed by atoms with Crippen LogP contribution < -0.4 is 0 Å². The molecule has 1 aromatic rings. The van der Waals surface area contributed by atoms with Crippen molar-refractivity contribution in [3.05, 3.63) is 23.5 Å². The molecule has 6 heteroatoms. The Balaban J connectivity index is 1.84. The molecule has 2 saturated heterocycles. The van der Waals surface area contributed by atoms with Gasteiger partial charge in [0, 0.05) is 23.8 Å². The molecule has 2 aliphatic rings. The molecule has 0 radical (unpaired) electrons. The summed E-state index contributed by atoms with van der Waals surface area (Å²) in [5, 5.41) is 9.19. The molecule has 3 atom stereocenters. The van der Waals surface area contributed by atoms with Crippen LogP contribution >= 0.6 is 0 Å². The van der Waals surface area contributed by atoms with Crippen LogP contribution in [0.15, 0.2) is 12.3 Å². The zero-order valence-corrected chi connectivity index (χ0v) is 11.1. The standard InChI is InChI=1S/C14H16N2O4/c1-7(17)8-4-11(15-6-8)13(18)16-9-2-3-12(16)10(5-9)14(19)20/h4,6,9-10,12,15H,2-3,5H2,1H3,(H,19,20). The minimum Gasteiger partial charge on any atom is -0.481 e. The number of hydrogen-bond acceptors (Lipinski definition) is 3. The molecule has 2 fully saturated rings. The third-order valence-corrected chi connectivity index (χ3v) is 4.41. The number of rotatable bonds is 3. The predicted octanol–water partition coefficient (Wildman–Crippen LogP) is 1.29. The molecule has 2 aliphatic heterocycles. The molecule has 0 spiro atoms. The first-order chi connectivity index (χ1) is 9.49. The van der Waals surface area contributed by atoms with Crippen LogP contribution in [0.3, 0.4) is 0 Å². The van der Waals surface area contributed by atoms with Gasteiger partial charge in [-0.3, -0.25) is 14.4 Å². The van der Waals surface area contributed by atoms with Gasteiger partial charge in [0.15, 0.2) is 5.78 Å². The Hall–Kier alpha value is -2.11. The van der Waals surface area contributed by atoms with Gasteiger partial charge in [-0.05, 0) is 32.3 Å². The van der Waals surface area contributed by atoms with Gasteiger partial charge >= 0.3 is 5.97 Å². The third kappa shape index (κ3) is 1.83. The van der Waals surface area contributed by atoms with Crippen molar-refractivity contribution in [3.63, 3.8) is 0 Å². The number of hydrogen-bond donors (Lipinski definition) is 2. The minimum atomic E-state index is -0.828. The Labute approximate surface area is 115 Å². The van der Waals surface area contributed by atoms with Gasteiger partial charge in [-0.25, -0.2) is 0 Å². The second-order valence-corrected chi connectivity index (χ2v) is 5.55. The summed E-state index contributed by atoms with van der Waals surface area (Å²) in [6, 6.07) is 1.34. The lowest BCUT2D eigenvalue weighted by atomic mass is 9.89. The number of Topliss-reactive ketones (excluding diaryl/α,β-unsaturated/α-hetero) is 1. The summed E-state index contributed by atoms with van der Waals surface area (Å²) < 4.78 is 0. The second-order valence-electron chi connectivity index (χ2n) is 5.55. The zero-order chi connectivity index (χ0) is 14.4. The van der Waals surface area contributed by atoms with Crippen molar-refractivity contribution in [3.8, 4) is 0 Å². The van der Waals surface area contributed by atoms with Crippen molar-refractivity contribution >= 4 is 17.7 Å². The average Bonchev–Trinajstić information content (AvgIpc) is 3.11. The van der Waals surface area contributed by atoms with E-state index in [4.69, 9.17) is 0 Å². The largest absolute Gasteiger partial charge is 0.481 e. The lowest BCUT2D eigenvalue weighted by molar-refractivity contribution is -0.142. The molecule has 2 bridgehead atoms. The maximum absolute atomic E-state index is 12.5. The summed E-state index contributed by atoms with van der Waals surface area (Å²) in [6.07, 6.45) is 3.66. The fourth-order valence-corrected chi connectivity index (χ4v) is 3.43. The van der Waals surface area contributed by atoms with E-state index in [9.17, 15) is 19.5 Å². The molecule has 0 aromatic carbocycles. The number of aromatic amines is 1. The van der Waals surface area contributed by atoms with Crippen molar-refractivity contribution in [2.75, 3.05) is 0 Å². The van der Waals surface area contributed by atoms with Crippen molar-refractivity contribution < 1.29 is 19.5 Å². The van der Waals surface area contributed by atoms with E-state index in [-0.39, 0.29) is 23.8 Å². The van der Waals surface area contributed by atoms with E-state index in [1.165, 1.54) is 19.2 Å². The fourth-order valence-electron chi connectivity index (χ4n) is 3.43. The smallest absolute Gasteiger partial charge is 0.308 e. The van der Waals surface area contributed by atoms with E-state index >= 15 is 0 Å². The Morgan fingerprint density at radius 3 is 2.65 bits per heavy atom. The first kappa shape index (κ1) is 12.9. The first-order valence-electron chi connectivity index (χ1n) is 6.74.